The largest absolute Gasteiger partial charge is 0.321 e. The molecule has 2 rings (SSSR count). The SMILES string of the molecule is CCCc1nc(N(C)c2ccc(F)cc2)sc1CNC. The van der Waals surface area contributed by atoms with E-state index in [-0.39, 0.29) is 5.82 Å². The Morgan fingerprint density at radius 2 is 2.00 bits per heavy atom. The predicted molar refractivity (Wildman–Crippen MR) is 83.3 cm³/mol. The minimum Gasteiger partial charge on any atom is -0.321 e. The first-order chi connectivity index (χ1) is 9.65. The molecule has 0 radical (unpaired) electrons. The molecule has 1 N–H and O–H groups in total. The second kappa shape index (κ2) is 6.81. The molecule has 108 valence electrons. The molecule has 0 aliphatic heterocycles. The molecule has 0 aliphatic carbocycles. The molecule has 0 saturated heterocycles. The fourth-order valence-electron chi connectivity index (χ4n) is 2.02. The third kappa shape index (κ3) is 3.35. The number of aryl methyl sites for hydroxylation is 1. The number of aromatic nitrogens is 1. The Morgan fingerprint density at radius 1 is 1.30 bits per heavy atom. The lowest BCUT2D eigenvalue weighted by atomic mass is 10.2. The lowest BCUT2D eigenvalue weighted by molar-refractivity contribution is 0.628. The molecular formula is C15H20FN3S. The first-order valence-electron chi connectivity index (χ1n) is 6.78. The van der Waals surface area contributed by atoms with Gasteiger partial charge in [-0.2, -0.15) is 0 Å². The maximum Gasteiger partial charge on any atom is 0.190 e. The molecule has 0 atom stereocenters. The molecule has 0 unspecified atom stereocenters. The summed E-state index contributed by atoms with van der Waals surface area (Å²) in [5, 5.41) is 4.13. The van der Waals surface area contributed by atoms with Gasteiger partial charge >= 0.3 is 0 Å². The lowest BCUT2D eigenvalue weighted by Crippen LogP contribution is -2.09. The van der Waals surface area contributed by atoms with Crippen molar-refractivity contribution in [3.8, 4) is 0 Å². The van der Waals surface area contributed by atoms with E-state index in [4.69, 9.17) is 4.98 Å². The van der Waals surface area contributed by atoms with Gasteiger partial charge in [-0.05, 0) is 37.7 Å². The maximum absolute atomic E-state index is 13.0. The number of benzene rings is 1. The molecule has 0 bridgehead atoms. The highest BCUT2D eigenvalue weighted by Crippen LogP contribution is 2.31. The molecule has 20 heavy (non-hydrogen) atoms. The van der Waals surface area contributed by atoms with Crippen LogP contribution in [0.1, 0.15) is 23.9 Å². The van der Waals surface area contributed by atoms with Crippen LogP contribution in [0.2, 0.25) is 0 Å². The number of nitrogens with one attached hydrogen (secondary N) is 1. The van der Waals surface area contributed by atoms with Gasteiger partial charge in [-0.15, -0.1) is 0 Å². The Hall–Kier alpha value is -1.46. The summed E-state index contributed by atoms with van der Waals surface area (Å²) in [6.07, 6.45) is 2.07. The van der Waals surface area contributed by atoms with Gasteiger partial charge in [-0.1, -0.05) is 24.7 Å². The van der Waals surface area contributed by atoms with Gasteiger partial charge in [0.1, 0.15) is 5.82 Å². The average molecular weight is 293 g/mol. The van der Waals surface area contributed by atoms with Gasteiger partial charge in [-0.25, -0.2) is 9.37 Å². The zero-order valence-electron chi connectivity index (χ0n) is 12.1. The van der Waals surface area contributed by atoms with Gasteiger partial charge in [-0.3, -0.25) is 0 Å². The number of thiazole rings is 1. The molecule has 0 saturated carbocycles. The smallest absolute Gasteiger partial charge is 0.190 e. The average Bonchev–Trinajstić information content (AvgIpc) is 2.83. The number of nitrogens with zero attached hydrogens (tertiary/aromatic N) is 2. The van der Waals surface area contributed by atoms with Gasteiger partial charge in [0.15, 0.2) is 5.13 Å². The predicted octanol–water partition coefficient (Wildman–Crippen LogP) is 3.72. The van der Waals surface area contributed by atoms with Crippen LogP contribution in [0.25, 0.3) is 0 Å². The minimum atomic E-state index is -0.219. The number of anilines is 2. The van der Waals surface area contributed by atoms with E-state index in [1.54, 1.807) is 23.5 Å². The number of hydrogen-bond donors (Lipinski definition) is 1. The molecule has 1 aromatic carbocycles. The quantitative estimate of drug-likeness (QED) is 0.880. The minimum absolute atomic E-state index is 0.219. The van der Waals surface area contributed by atoms with E-state index in [9.17, 15) is 4.39 Å². The third-order valence-corrected chi connectivity index (χ3v) is 4.27. The molecule has 0 aliphatic rings. The van der Waals surface area contributed by atoms with Gasteiger partial charge in [0, 0.05) is 24.2 Å². The number of halogens is 1. The Labute approximate surface area is 123 Å². The zero-order chi connectivity index (χ0) is 14.5. The van der Waals surface area contributed by atoms with Crippen LogP contribution in [-0.2, 0) is 13.0 Å². The molecule has 0 spiro atoms. The van der Waals surface area contributed by atoms with Crippen molar-refractivity contribution < 1.29 is 4.39 Å². The van der Waals surface area contributed by atoms with Crippen LogP contribution in [-0.4, -0.2) is 19.1 Å². The summed E-state index contributed by atoms with van der Waals surface area (Å²) < 4.78 is 13.0. The Kier molecular flexibility index (Phi) is 5.09. The molecule has 1 heterocycles. The van der Waals surface area contributed by atoms with Gasteiger partial charge in [0.05, 0.1) is 5.69 Å². The Balaban J connectivity index is 2.27. The van der Waals surface area contributed by atoms with E-state index >= 15 is 0 Å². The van der Waals surface area contributed by atoms with Crippen LogP contribution in [0.15, 0.2) is 24.3 Å². The molecule has 5 heteroatoms. The number of rotatable bonds is 6. The highest BCUT2D eigenvalue weighted by Gasteiger charge is 2.14. The summed E-state index contributed by atoms with van der Waals surface area (Å²) in [6, 6.07) is 6.49. The first kappa shape index (κ1) is 14.9. The van der Waals surface area contributed by atoms with Crippen molar-refractivity contribution in [3.05, 3.63) is 40.7 Å². The Bertz CT molecular complexity index is 527. The summed E-state index contributed by atoms with van der Waals surface area (Å²) in [5.41, 5.74) is 2.11. The monoisotopic (exact) mass is 293 g/mol. The molecule has 0 fully saturated rings. The fraction of sp³-hybridized carbons (Fsp3) is 0.400. The van der Waals surface area contributed by atoms with Gasteiger partial charge in [0.2, 0.25) is 0 Å². The summed E-state index contributed by atoms with van der Waals surface area (Å²) >= 11 is 1.69. The molecular weight excluding hydrogens is 273 g/mol. The van der Waals surface area contributed by atoms with Crippen molar-refractivity contribution in [3.63, 3.8) is 0 Å². The second-order valence-corrected chi connectivity index (χ2v) is 5.74. The summed E-state index contributed by atoms with van der Waals surface area (Å²) in [6.45, 7) is 3.00. The second-order valence-electron chi connectivity index (χ2n) is 4.68. The van der Waals surface area contributed by atoms with Crippen LogP contribution < -0.4 is 10.2 Å². The van der Waals surface area contributed by atoms with E-state index in [1.165, 1.54) is 17.0 Å². The third-order valence-electron chi connectivity index (χ3n) is 3.09. The van der Waals surface area contributed by atoms with Crippen molar-refractivity contribution >= 4 is 22.2 Å². The highest BCUT2D eigenvalue weighted by molar-refractivity contribution is 7.15. The summed E-state index contributed by atoms with van der Waals surface area (Å²) in [4.78, 5) is 8.01. The number of hydrogen-bond acceptors (Lipinski definition) is 4. The van der Waals surface area contributed by atoms with Crippen molar-refractivity contribution in [2.24, 2.45) is 0 Å². The fourth-order valence-corrected chi connectivity index (χ4v) is 3.12. The normalized spacial score (nSPS) is 10.8. The van der Waals surface area contributed by atoms with Gasteiger partial charge < -0.3 is 10.2 Å². The van der Waals surface area contributed by atoms with Crippen molar-refractivity contribution in [1.82, 2.24) is 10.3 Å². The maximum atomic E-state index is 13.0. The molecule has 2 aromatic rings. The van der Waals surface area contributed by atoms with E-state index in [1.807, 2.05) is 19.0 Å². The van der Waals surface area contributed by atoms with Crippen LogP contribution >= 0.6 is 11.3 Å². The summed E-state index contributed by atoms with van der Waals surface area (Å²) in [7, 11) is 3.91. The first-order valence-corrected chi connectivity index (χ1v) is 7.59. The highest BCUT2D eigenvalue weighted by atomic mass is 32.1. The topological polar surface area (TPSA) is 28.2 Å². The summed E-state index contributed by atoms with van der Waals surface area (Å²) in [5.74, 6) is -0.219. The van der Waals surface area contributed by atoms with E-state index < -0.39 is 0 Å². The van der Waals surface area contributed by atoms with E-state index in [0.29, 0.717) is 0 Å². The van der Waals surface area contributed by atoms with Crippen molar-refractivity contribution in [2.45, 2.75) is 26.3 Å². The standard InChI is InChI=1S/C15H20FN3S/c1-4-5-13-14(10-17-2)20-15(18-13)19(3)12-8-6-11(16)7-9-12/h6-9,17H,4-5,10H2,1-3H3. The molecule has 0 amide bonds. The molecule has 3 nitrogen and oxygen atoms in total. The van der Waals surface area contributed by atoms with Crippen LogP contribution in [0, 0.1) is 5.82 Å². The van der Waals surface area contributed by atoms with E-state index in [0.717, 1.165) is 35.9 Å². The van der Waals surface area contributed by atoms with Crippen LogP contribution in [0.3, 0.4) is 0 Å². The molecule has 1 aromatic heterocycles. The zero-order valence-corrected chi connectivity index (χ0v) is 12.9. The van der Waals surface area contributed by atoms with Gasteiger partial charge in [0.25, 0.3) is 0 Å². The Morgan fingerprint density at radius 3 is 2.60 bits per heavy atom. The van der Waals surface area contributed by atoms with E-state index in [2.05, 4.69) is 12.2 Å². The van der Waals surface area contributed by atoms with Crippen LogP contribution in [0.5, 0.6) is 0 Å². The van der Waals surface area contributed by atoms with Crippen LogP contribution in [0.4, 0.5) is 15.2 Å². The van der Waals surface area contributed by atoms with Crippen molar-refractivity contribution in [2.75, 3.05) is 19.0 Å². The van der Waals surface area contributed by atoms with Crippen molar-refractivity contribution in [1.29, 1.82) is 0 Å². The lowest BCUT2D eigenvalue weighted by Gasteiger charge is -2.15.